The summed E-state index contributed by atoms with van der Waals surface area (Å²) < 4.78 is 8.99. The molecule has 0 saturated heterocycles. The fourth-order valence-electron chi connectivity index (χ4n) is 8.25. The Morgan fingerprint density at radius 3 is 1.68 bits per heavy atom. The van der Waals surface area contributed by atoms with Crippen molar-refractivity contribution in [1.82, 2.24) is 0 Å². The number of furan rings is 1. The molecule has 0 fully saturated rings. The summed E-state index contributed by atoms with van der Waals surface area (Å²) in [6.07, 6.45) is 0. The van der Waals surface area contributed by atoms with Crippen molar-refractivity contribution in [3.63, 3.8) is 0 Å². The first-order valence-electron chi connectivity index (χ1n) is 17.1. The lowest BCUT2D eigenvalue weighted by molar-refractivity contribution is 0.669. The molecule has 0 aliphatic carbocycles. The van der Waals surface area contributed by atoms with E-state index in [0.29, 0.717) is 0 Å². The average Bonchev–Trinajstić information content (AvgIpc) is 3.75. The first kappa shape index (κ1) is 27.7. The highest BCUT2D eigenvalue weighted by Crippen LogP contribution is 2.47. The van der Waals surface area contributed by atoms with E-state index in [1.807, 2.05) is 11.3 Å². The predicted molar refractivity (Wildman–Crippen MR) is 215 cm³/mol. The zero-order valence-corrected chi connectivity index (χ0v) is 27.8. The number of thiophene rings is 1. The van der Waals surface area contributed by atoms with E-state index in [2.05, 4.69) is 170 Å². The van der Waals surface area contributed by atoms with Crippen LogP contribution in [0.2, 0.25) is 0 Å². The standard InChI is InChI=1S/C48H28OS/c1-2-12-30(13-3-1)44-35-17-6-8-19-37(35)45(38-20-9-7-18-36(38)44)33-15-10-14-31(27-33)32-22-26-43-40(28-32)39-23-25-42-47(48(39)50-43)46-34-16-5-4-11-29(34)21-24-41(46)49-42/h1-28H. The molecule has 0 aliphatic rings. The largest absolute Gasteiger partial charge is 0.456 e. The van der Waals surface area contributed by atoms with E-state index in [1.165, 1.54) is 96.6 Å². The Kier molecular flexibility index (Phi) is 5.89. The molecule has 0 N–H and O–H groups in total. The summed E-state index contributed by atoms with van der Waals surface area (Å²) in [7, 11) is 0. The molecule has 0 unspecified atom stereocenters. The number of benzene rings is 9. The molecule has 50 heavy (non-hydrogen) atoms. The summed E-state index contributed by atoms with van der Waals surface area (Å²) in [5.41, 5.74) is 9.36. The summed E-state index contributed by atoms with van der Waals surface area (Å²) in [6, 6.07) is 61.9. The lowest BCUT2D eigenvalue weighted by atomic mass is 9.85. The Balaban J connectivity index is 1.12. The van der Waals surface area contributed by atoms with Crippen LogP contribution in [0.3, 0.4) is 0 Å². The molecule has 0 saturated carbocycles. The first-order chi connectivity index (χ1) is 24.8. The van der Waals surface area contributed by atoms with Gasteiger partial charge < -0.3 is 4.42 Å². The third kappa shape index (κ3) is 4.00. The van der Waals surface area contributed by atoms with E-state index >= 15 is 0 Å². The number of hydrogen-bond acceptors (Lipinski definition) is 2. The van der Waals surface area contributed by atoms with Crippen molar-refractivity contribution in [1.29, 1.82) is 0 Å². The number of rotatable bonds is 3. The third-order valence-electron chi connectivity index (χ3n) is 10.4. The summed E-state index contributed by atoms with van der Waals surface area (Å²) in [4.78, 5) is 0. The van der Waals surface area contributed by atoms with Crippen LogP contribution in [-0.2, 0) is 0 Å². The second-order valence-corrected chi connectivity index (χ2v) is 14.2. The van der Waals surface area contributed by atoms with Gasteiger partial charge in [-0.15, -0.1) is 11.3 Å². The highest BCUT2D eigenvalue weighted by Gasteiger charge is 2.19. The van der Waals surface area contributed by atoms with Gasteiger partial charge in [0.25, 0.3) is 0 Å². The molecule has 0 atom stereocenters. The van der Waals surface area contributed by atoms with Crippen LogP contribution in [0.5, 0.6) is 0 Å². The van der Waals surface area contributed by atoms with E-state index in [4.69, 9.17) is 4.42 Å². The maximum absolute atomic E-state index is 6.41. The number of fused-ring (bicyclic) bond motifs is 11. The van der Waals surface area contributed by atoms with E-state index in [1.54, 1.807) is 0 Å². The highest BCUT2D eigenvalue weighted by atomic mass is 32.1. The van der Waals surface area contributed by atoms with E-state index in [0.717, 1.165) is 11.2 Å². The smallest absolute Gasteiger partial charge is 0.136 e. The Morgan fingerprint density at radius 1 is 0.340 bits per heavy atom. The van der Waals surface area contributed by atoms with Crippen LogP contribution < -0.4 is 0 Å². The maximum Gasteiger partial charge on any atom is 0.136 e. The van der Waals surface area contributed by atoms with Gasteiger partial charge in [0, 0.05) is 30.9 Å². The minimum absolute atomic E-state index is 0.943. The van der Waals surface area contributed by atoms with Gasteiger partial charge in [-0.25, -0.2) is 0 Å². The predicted octanol–water partition coefficient (Wildman–Crippen LogP) is 14.4. The highest BCUT2D eigenvalue weighted by molar-refractivity contribution is 7.26. The van der Waals surface area contributed by atoms with Gasteiger partial charge in [0.05, 0.1) is 0 Å². The molecule has 0 bridgehead atoms. The van der Waals surface area contributed by atoms with Gasteiger partial charge in [-0.05, 0) is 102 Å². The summed E-state index contributed by atoms with van der Waals surface area (Å²) in [5, 5.41) is 12.5. The van der Waals surface area contributed by atoms with E-state index in [-0.39, 0.29) is 0 Å². The molecule has 9 aromatic carbocycles. The van der Waals surface area contributed by atoms with Crippen molar-refractivity contribution >= 4 is 85.8 Å². The molecule has 1 nitrogen and oxygen atoms in total. The van der Waals surface area contributed by atoms with Crippen molar-refractivity contribution in [2.45, 2.75) is 0 Å². The van der Waals surface area contributed by atoms with Crippen LogP contribution in [0, 0.1) is 0 Å². The van der Waals surface area contributed by atoms with Gasteiger partial charge >= 0.3 is 0 Å². The van der Waals surface area contributed by atoms with Crippen LogP contribution in [-0.4, -0.2) is 0 Å². The Labute approximate surface area is 292 Å². The minimum Gasteiger partial charge on any atom is -0.456 e. The summed E-state index contributed by atoms with van der Waals surface area (Å²) in [6.45, 7) is 0. The van der Waals surface area contributed by atoms with Crippen molar-refractivity contribution in [2.24, 2.45) is 0 Å². The van der Waals surface area contributed by atoms with Gasteiger partial charge in [0.1, 0.15) is 11.2 Å². The van der Waals surface area contributed by atoms with Crippen LogP contribution in [0.4, 0.5) is 0 Å². The average molecular weight is 653 g/mol. The molecule has 11 rings (SSSR count). The molecule has 2 heterocycles. The van der Waals surface area contributed by atoms with Crippen molar-refractivity contribution in [3.05, 3.63) is 170 Å². The quantitative estimate of drug-likeness (QED) is 0.173. The molecular formula is C48H28OS. The van der Waals surface area contributed by atoms with Crippen LogP contribution >= 0.6 is 11.3 Å². The molecule has 11 aromatic rings. The zero-order chi connectivity index (χ0) is 32.8. The lowest BCUT2D eigenvalue weighted by Crippen LogP contribution is -1.91. The second kappa shape index (κ2) is 10.6. The topological polar surface area (TPSA) is 13.1 Å². The molecule has 0 radical (unpaired) electrons. The normalized spacial score (nSPS) is 12.0. The van der Waals surface area contributed by atoms with Crippen molar-refractivity contribution < 1.29 is 4.42 Å². The lowest BCUT2D eigenvalue weighted by Gasteiger charge is -2.18. The first-order valence-corrected chi connectivity index (χ1v) is 17.9. The SMILES string of the molecule is c1ccc(-c2c3ccccc3c(-c3cccc(-c4ccc5sc6c(ccc7oc8ccc9ccccc9c8c76)c5c4)c3)c3ccccc23)cc1. The second-order valence-electron chi connectivity index (χ2n) is 13.2. The third-order valence-corrected chi connectivity index (χ3v) is 11.6. The Hall–Kier alpha value is -6.22. The Morgan fingerprint density at radius 2 is 0.920 bits per heavy atom. The Bertz CT molecular complexity index is 3090. The van der Waals surface area contributed by atoms with Gasteiger partial charge in [0.15, 0.2) is 0 Å². The van der Waals surface area contributed by atoms with E-state index in [9.17, 15) is 0 Å². The van der Waals surface area contributed by atoms with Crippen molar-refractivity contribution in [2.75, 3.05) is 0 Å². The molecule has 0 aliphatic heterocycles. The molecule has 232 valence electrons. The van der Waals surface area contributed by atoms with E-state index < -0.39 is 0 Å². The zero-order valence-electron chi connectivity index (χ0n) is 27.0. The molecule has 2 heteroatoms. The van der Waals surface area contributed by atoms with Crippen LogP contribution in [0.1, 0.15) is 0 Å². The summed E-state index contributed by atoms with van der Waals surface area (Å²) >= 11 is 1.87. The van der Waals surface area contributed by atoms with Gasteiger partial charge in [-0.2, -0.15) is 0 Å². The molecule has 0 spiro atoms. The fourth-order valence-corrected chi connectivity index (χ4v) is 9.47. The van der Waals surface area contributed by atoms with Crippen LogP contribution in [0.25, 0.3) is 108 Å². The molecular weight excluding hydrogens is 625 g/mol. The van der Waals surface area contributed by atoms with Gasteiger partial charge in [-0.3, -0.25) is 0 Å². The number of hydrogen-bond donors (Lipinski definition) is 0. The monoisotopic (exact) mass is 652 g/mol. The minimum atomic E-state index is 0.943. The molecule has 2 aromatic heterocycles. The summed E-state index contributed by atoms with van der Waals surface area (Å²) in [5.74, 6) is 0. The molecule has 0 amide bonds. The van der Waals surface area contributed by atoms with Crippen molar-refractivity contribution in [3.8, 4) is 33.4 Å². The maximum atomic E-state index is 6.41. The van der Waals surface area contributed by atoms with Gasteiger partial charge in [0.2, 0.25) is 0 Å². The fraction of sp³-hybridized carbons (Fsp3) is 0. The van der Waals surface area contributed by atoms with Gasteiger partial charge in [-0.1, -0.05) is 133 Å². The van der Waals surface area contributed by atoms with Crippen LogP contribution in [0.15, 0.2) is 174 Å².